The van der Waals surface area contributed by atoms with Gasteiger partial charge in [-0.15, -0.1) is 0 Å². The Morgan fingerprint density at radius 1 is 1.26 bits per heavy atom. The summed E-state index contributed by atoms with van der Waals surface area (Å²) in [4.78, 5) is 26.7. The van der Waals surface area contributed by atoms with Gasteiger partial charge in [0, 0.05) is 25.6 Å². The van der Waals surface area contributed by atoms with Gasteiger partial charge in [-0.05, 0) is 6.07 Å². The van der Waals surface area contributed by atoms with Gasteiger partial charge in [0.2, 0.25) is 12.7 Å². The second-order valence-electron chi connectivity index (χ2n) is 4.58. The van der Waals surface area contributed by atoms with Gasteiger partial charge >= 0.3 is 6.03 Å². The van der Waals surface area contributed by atoms with Crippen molar-refractivity contribution in [1.82, 2.24) is 9.80 Å². The molecule has 0 radical (unpaired) electrons. The number of ether oxygens (including phenoxy) is 2. The Morgan fingerprint density at radius 2 is 2.11 bits per heavy atom. The third-order valence-electron chi connectivity index (χ3n) is 3.33. The molecule has 1 aromatic carbocycles. The lowest BCUT2D eigenvalue weighted by molar-refractivity contribution is -0.131. The average Bonchev–Trinajstić information content (AvgIpc) is 2.88. The van der Waals surface area contributed by atoms with E-state index in [1.807, 2.05) is 12.1 Å². The molecule has 6 nitrogen and oxygen atoms in total. The van der Waals surface area contributed by atoms with Crippen molar-refractivity contribution < 1.29 is 19.1 Å². The number of carbonyl (C=O) groups is 2. The van der Waals surface area contributed by atoms with Crippen LogP contribution in [0.5, 0.6) is 11.5 Å². The first-order valence-electron chi connectivity index (χ1n) is 6.10. The maximum Gasteiger partial charge on any atom is 0.326 e. The van der Waals surface area contributed by atoms with Crippen molar-refractivity contribution in [3.63, 3.8) is 0 Å². The molecule has 0 saturated carbocycles. The number of hydrogen-bond donors (Lipinski definition) is 0. The Hall–Kier alpha value is -2.24. The third-order valence-corrected chi connectivity index (χ3v) is 3.33. The summed E-state index contributed by atoms with van der Waals surface area (Å²) in [5, 5.41) is 0. The summed E-state index contributed by atoms with van der Waals surface area (Å²) in [6.45, 7) is 0.864. The Morgan fingerprint density at radius 3 is 2.95 bits per heavy atom. The summed E-state index contributed by atoms with van der Waals surface area (Å²) < 4.78 is 10.7. The minimum atomic E-state index is -0.271. The van der Waals surface area contributed by atoms with E-state index in [0.717, 1.165) is 5.56 Å². The van der Waals surface area contributed by atoms with Crippen LogP contribution in [-0.2, 0) is 11.3 Å². The highest BCUT2D eigenvalue weighted by molar-refractivity contribution is 5.96. The largest absolute Gasteiger partial charge is 0.454 e. The van der Waals surface area contributed by atoms with E-state index in [2.05, 4.69) is 0 Å². The molecule has 1 aromatic rings. The van der Waals surface area contributed by atoms with Gasteiger partial charge in [-0.3, -0.25) is 9.69 Å². The molecule has 0 spiro atoms. The normalized spacial score (nSPS) is 18.2. The molecular formula is C13H14N2O4. The molecule has 100 valence electrons. The summed E-state index contributed by atoms with van der Waals surface area (Å²) in [7, 11) is 1.69. The van der Waals surface area contributed by atoms with E-state index in [0.29, 0.717) is 24.5 Å². The number of fused-ring (bicyclic) bond motifs is 1. The van der Waals surface area contributed by atoms with Crippen LogP contribution in [0.25, 0.3) is 0 Å². The molecule has 0 unspecified atom stereocenters. The van der Waals surface area contributed by atoms with Crippen molar-refractivity contribution >= 4 is 11.9 Å². The van der Waals surface area contributed by atoms with Crippen LogP contribution in [0.15, 0.2) is 18.2 Å². The SMILES string of the molecule is CN1CCC(=O)N(Cc2cccc3c2OCO3)C1=O. The molecule has 3 amide bonds. The van der Waals surface area contributed by atoms with Crippen LogP contribution in [-0.4, -0.2) is 42.1 Å². The lowest BCUT2D eigenvalue weighted by atomic mass is 10.1. The first-order valence-corrected chi connectivity index (χ1v) is 6.10. The number of carbonyl (C=O) groups excluding carboxylic acids is 2. The van der Waals surface area contributed by atoms with Gasteiger partial charge in [-0.2, -0.15) is 0 Å². The summed E-state index contributed by atoms with van der Waals surface area (Å²) >= 11 is 0. The molecule has 2 aliphatic heterocycles. The van der Waals surface area contributed by atoms with Gasteiger partial charge in [0.1, 0.15) is 0 Å². The number of hydrogen-bond acceptors (Lipinski definition) is 4. The summed E-state index contributed by atoms with van der Waals surface area (Å²) in [5.74, 6) is 1.12. The van der Waals surface area contributed by atoms with Crippen molar-refractivity contribution in [2.24, 2.45) is 0 Å². The Balaban J connectivity index is 1.87. The van der Waals surface area contributed by atoms with Crippen molar-refractivity contribution in [2.75, 3.05) is 20.4 Å². The van der Waals surface area contributed by atoms with Crippen molar-refractivity contribution in [3.05, 3.63) is 23.8 Å². The fourth-order valence-corrected chi connectivity index (χ4v) is 2.25. The highest BCUT2D eigenvalue weighted by Crippen LogP contribution is 2.36. The van der Waals surface area contributed by atoms with Gasteiger partial charge < -0.3 is 14.4 Å². The predicted octanol–water partition coefficient (Wildman–Crippen LogP) is 1.20. The van der Waals surface area contributed by atoms with Gasteiger partial charge in [-0.25, -0.2) is 4.79 Å². The van der Waals surface area contributed by atoms with Crippen molar-refractivity contribution in [2.45, 2.75) is 13.0 Å². The number of amides is 3. The van der Waals surface area contributed by atoms with Gasteiger partial charge in [-0.1, -0.05) is 12.1 Å². The number of urea groups is 1. The molecule has 0 aliphatic carbocycles. The number of nitrogens with zero attached hydrogens (tertiary/aromatic N) is 2. The fourth-order valence-electron chi connectivity index (χ4n) is 2.25. The minimum absolute atomic E-state index is 0.153. The highest BCUT2D eigenvalue weighted by atomic mass is 16.7. The summed E-state index contributed by atoms with van der Waals surface area (Å²) in [6, 6.07) is 5.19. The second kappa shape index (κ2) is 4.46. The van der Waals surface area contributed by atoms with E-state index in [4.69, 9.17) is 9.47 Å². The van der Waals surface area contributed by atoms with Crippen LogP contribution >= 0.6 is 0 Å². The molecule has 0 bridgehead atoms. The van der Waals surface area contributed by atoms with E-state index < -0.39 is 0 Å². The quantitative estimate of drug-likeness (QED) is 0.803. The molecule has 0 atom stereocenters. The topological polar surface area (TPSA) is 59.1 Å². The molecule has 3 rings (SSSR count). The minimum Gasteiger partial charge on any atom is -0.454 e. The molecule has 1 saturated heterocycles. The number of para-hydroxylation sites is 1. The van der Waals surface area contributed by atoms with E-state index in [-0.39, 0.29) is 25.3 Å². The van der Waals surface area contributed by atoms with E-state index in [1.165, 1.54) is 4.90 Å². The van der Waals surface area contributed by atoms with Gasteiger partial charge in [0.25, 0.3) is 0 Å². The zero-order valence-electron chi connectivity index (χ0n) is 10.6. The summed E-state index contributed by atoms with van der Waals surface area (Å²) in [6.07, 6.45) is 0.356. The lowest BCUT2D eigenvalue weighted by Crippen LogP contribution is -2.50. The Bertz CT molecular complexity index is 543. The zero-order valence-corrected chi connectivity index (χ0v) is 10.6. The molecule has 6 heteroatoms. The first-order chi connectivity index (χ1) is 9.16. The van der Waals surface area contributed by atoms with Crippen LogP contribution in [0.2, 0.25) is 0 Å². The fraction of sp³-hybridized carbons (Fsp3) is 0.385. The smallest absolute Gasteiger partial charge is 0.326 e. The second-order valence-corrected chi connectivity index (χ2v) is 4.58. The van der Waals surface area contributed by atoms with E-state index >= 15 is 0 Å². The van der Waals surface area contributed by atoms with Gasteiger partial charge in [0.05, 0.1) is 6.54 Å². The molecule has 2 heterocycles. The molecule has 19 heavy (non-hydrogen) atoms. The molecule has 0 aromatic heterocycles. The standard InChI is InChI=1S/C13H14N2O4/c1-14-6-5-11(16)15(13(14)17)7-9-3-2-4-10-12(9)19-8-18-10/h2-4H,5-8H2,1H3. The van der Waals surface area contributed by atoms with E-state index in [1.54, 1.807) is 18.0 Å². The van der Waals surface area contributed by atoms with Gasteiger partial charge in [0.15, 0.2) is 11.5 Å². The molecule has 1 fully saturated rings. The Labute approximate surface area is 110 Å². The molecule has 0 N–H and O–H groups in total. The van der Waals surface area contributed by atoms with Crippen LogP contribution < -0.4 is 9.47 Å². The van der Waals surface area contributed by atoms with Crippen LogP contribution in [0.4, 0.5) is 4.79 Å². The number of imide groups is 1. The summed E-state index contributed by atoms with van der Waals surface area (Å²) in [5.41, 5.74) is 0.784. The maximum absolute atomic E-state index is 12.0. The molecule has 2 aliphatic rings. The Kier molecular flexibility index (Phi) is 2.77. The van der Waals surface area contributed by atoms with E-state index in [9.17, 15) is 9.59 Å². The lowest BCUT2D eigenvalue weighted by Gasteiger charge is -2.31. The monoisotopic (exact) mass is 262 g/mol. The van der Waals surface area contributed by atoms with Crippen molar-refractivity contribution in [1.29, 1.82) is 0 Å². The highest BCUT2D eigenvalue weighted by Gasteiger charge is 2.31. The number of benzene rings is 1. The third kappa shape index (κ3) is 1.99. The van der Waals surface area contributed by atoms with Crippen LogP contribution in [0.3, 0.4) is 0 Å². The van der Waals surface area contributed by atoms with Crippen LogP contribution in [0.1, 0.15) is 12.0 Å². The average molecular weight is 262 g/mol. The van der Waals surface area contributed by atoms with Crippen molar-refractivity contribution in [3.8, 4) is 11.5 Å². The number of rotatable bonds is 2. The molecular weight excluding hydrogens is 248 g/mol. The predicted molar refractivity (Wildman–Crippen MR) is 65.8 cm³/mol. The van der Waals surface area contributed by atoms with Crippen LogP contribution in [0, 0.1) is 0 Å². The first kappa shape index (κ1) is 11.8. The zero-order chi connectivity index (χ0) is 13.4. The maximum atomic E-state index is 12.0.